The highest BCUT2D eigenvalue weighted by atomic mass is 16.2. The van der Waals surface area contributed by atoms with Crippen molar-refractivity contribution in [3.05, 3.63) is 70.8 Å². The van der Waals surface area contributed by atoms with E-state index in [0.29, 0.717) is 12.1 Å². The molecule has 1 N–H and O–H groups in total. The average Bonchev–Trinajstić information content (AvgIpc) is 2.93. The van der Waals surface area contributed by atoms with Crippen molar-refractivity contribution in [3.63, 3.8) is 0 Å². The Morgan fingerprint density at radius 2 is 1.57 bits per heavy atom. The molecular formula is C23H29N3O2. The van der Waals surface area contributed by atoms with E-state index in [1.54, 1.807) is 0 Å². The van der Waals surface area contributed by atoms with E-state index in [2.05, 4.69) is 41.4 Å². The maximum atomic E-state index is 12.9. The molecule has 2 amide bonds. The number of rotatable bonds is 5. The standard InChI is InChI=1S/C23H29N3O2/c1-18-4-6-21(7-5-18)17-25-12-3-13-26(15-14-25)23(28)22-10-8-20(9-11-22)16-24-19(2)27/h4-11H,3,12-17H2,1-2H3,(H,24,27). The molecule has 28 heavy (non-hydrogen) atoms. The monoisotopic (exact) mass is 379 g/mol. The maximum absolute atomic E-state index is 12.9. The van der Waals surface area contributed by atoms with Gasteiger partial charge in [-0.05, 0) is 36.6 Å². The fraction of sp³-hybridized carbons (Fsp3) is 0.391. The SMILES string of the molecule is CC(=O)NCc1ccc(C(=O)N2CCCN(Cc3ccc(C)cc3)CC2)cc1. The largest absolute Gasteiger partial charge is 0.352 e. The Labute approximate surface area is 167 Å². The van der Waals surface area contributed by atoms with Gasteiger partial charge >= 0.3 is 0 Å². The molecule has 0 unspecified atom stereocenters. The molecular weight excluding hydrogens is 350 g/mol. The highest BCUT2D eigenvalue weighted by Gasteiger charge is 2.20. The third-order valence-corrected chi connectivity index (χ3v) is 5.14. The molecule has 0 bridgehead atoms. The molecule has 5 heteroatoms. The van der Waals surface area contributed by atoms with Gasteiger partial charge in [-0.25, -0.2) is 0 Å². The molecule has 1 heterocycles. The molecule has 0 spiro atoms. The van der Waals surface area contributed by atoms with Crippen LogP contribution in [0.3, 0.4) is 0 Å². The van der Waals surface area contributed by atoms with Crippen LogP contribution in [-0.2, 0) is 17.9 Å². The molecule has 0 saturated carbocycles. The van der Waals surface area contributed by atoms with Crippen LogP contribution in [0.15, 0.2) is 48.5 Å². The van der Waals surface area contributed by atoms with Crippen LogP contribution in [0.4, 0.5) is 0 Å². The molecule has 1 aliphatic rings. The molecule has 148 valence electrons. The van der Waals surface area contributed by atoms with Crippen molar-refractivity contribution < 1.29 is 9.59 Å². The van der Waals surface area contributed by atoms with Gasteiger partial charge in [-0.2, -0.15) is 0 Å². The van der Waals surface area contributed by atoms with E-state index in [-0.39, 0.29) is 11.8 Å². The minimum atomic E-state index is -0.0556. The molecule has 1 saturated heterocycles. The van der Waals surface area contributed by atoms with E-state index in [0.717, 1.165) is 44.7 Å². The van der Waals surface area contributed by atoms with Gasteiger partial charge in [-0.3, -0.25) is 14.5 Å². The van der Waals surface area contributed by atoms with E-state index >= 15 is 0 Å². The number of nitrogens with zero attached hydrogens (tertiary/aromatic N) is 2. The highest BCUT2D eigenvalue weighted by molar-refractivity contribution is 5.94. The van der Waals surface area contributed by atoms with E-state index in [4.69, 9.17) is 0 Å². The zero-order valence-corrected chi connectivity index (χ0v) is 16.8. The number of amides is 2. The zero-order valence-electron chi connectivity index (χ0n) is 16.8. The summed E-state index contributed by atoms with van der Waals surface area (Å²) in [6, 6.07) is 16.2. The van der Waals surface area contributed by atoms with E-state index < -0.39 is 0 Å². The summed E-state index contributed by atoms with van der Waals surface area (Å²) in [5, 5.41) is 2.77. The first-order valence-corrected chi connectivity index (χ1v) is 9.92. The molecule has 0 aromatic heterocycles. The number of nitrogens with one attached hydrogen (secondary N) is 1. The molecule has 3 rings (SSSR count). The Kier molecular flexibility index (Phi) is 6.82. The van der Waals surface area contributed by atoms with Crippen molar-refractivity contribution in [2.45, 2.75) is 33.4 Å². The van der Waals surface area contributed by atoms with Gasteiger partial charge in [0.25, 0.3) is 5.91 Å². The van der Waals surface area contributed by atoms with E-state index in [1.165, 1.54) is 18.1 Å². The number of carbonyl (C=O) groups is 2. The average molecular weight is 380 g/mol. The van der Waals surface area contributed by atoms with Gasteiger partial charge in [-0.15, -0.1) is 0 Å². The molecule has 2 aromatic carbocycles. The van der Waals surface area contributed by atoms with Gasteiger partial charge < -0.3 is 10.2 Å². The van der Waals surface area contributed by atoms with Gasteiger partial charge in [0.05, 0.1) is 0 Å². The fourth-order valence-corrected chi connectivity index (χ4v) is 3.46. The topological polar surface area (TPSA) is 52.7 Å². The Balaban J connectivity index is 1.54. The second-order valence-electron chi connectivity index (χ2n) is 7.51. The lowest BCUT2D eigenvalue weighted by Crippen LogP contribution is -2.35. The Hall–Kier alpha value is -2.66. The molecule has 5 nitrogen and oxygen atoms in total. The van der Waals surface area contributed by atoms with Crippen molar-refractivity contribution in [3.8, 4) is 0 Å². The maximum Gasteiger partial charge on any atom is 0.253 e. The van der Waals surface area contributed by atoms with Crippen LogP contribution in [0.1, 0.15) is 40.4 Å². The van der Waals surface area contributed by atoms with Gasteiger partial charge in [0.15, 0.2) is 0 Å². The molecule has 1 aliphatic heterocycles. The van der Waals surface area contributed by atoms with Gasteiger partial charge in [0, 0.05) is 51.8 Å². The second-order valence-corrected chi connectivity index (χ2v) is 7.51. The van der Waals surface area contributed by atoms with Gasteiger partial charge in [0.1, 0.15) is 0 Å². The van der Waals surface area contributed by atoms with Crippen LogP contribution in [0.2, 0.25) is 0 Å². The van der Waals surface area contributed by atoms with Gasteiger partial charge in [0.2, 0.25) is 5.91 Å². The molecule has 0 aliphatic carbocycles. The predicted octanol–water partition coefficient (Wildman–Crippen LogP) is 2.98. The summed E-state index contributed by atoms with van der Waals surface area (Å²) in [5.41, 5.74) is 4.30. The van der Waals surface area contributed by atoms with Gasteiger partial charge in [-0.1, -0.05) is 42.0 Å². The lowest BCUT2D eigenvalue weighted by Gasteiger charge is -2.22. The fourth-order valence-electron chi connectivity index (χ4n) is 3.46. The van der Waals surface area contributed by atoms with E-state index in [9.17, 15) is 9.59 Å². The van der Waals surface area contributed by atoms with Crippen LogP contribution in [0.25, 0.3) is 0 Å². The Morgan fingerprint density at radius 3 is 2.25 bits per heavy atom. The summed E-state index contributed by atoms with van der Waals surface area (Å²) < 4.78 is 0. The summed E-state index contributed by atoms with van der Waals surface area (Å²) in [5.74, 6) is 0.0307. The third kappa shape index (κ3) is 5.67. The van der Waals surface area contributed by atoms with Crippen molar-refractivity contribution in [2.75, 3.05) is 26.2 Å². The zero-order chi connectivity index (χ0) is 19.9. The minimum absolute atomic E-state index is 0.0556. The van der Waals surface area contributed by atoms with Crippen LogP contribution >= 0.6 is 0 Å². The van der Waals surface area contributed by atoms with Crippen molar-refractivity contribution in [1.82, 2.24) is 15.1 Å². The van der Waals surface area contributed by atoms with Crippen LogP contribution in [0, 0.1) is 6.92 Å². The summed E-state index contributed by atoms with van der Waals surface area (Å²) in [4.78, 5) is 28.3. The van der Waals surface area contributed by atoms with Crippen molar-refractivity contribution >= 4 is 11.8 Å². The van der Waals surface area contributed by atoms with E-state index in [1.807, 2.05) is 29.2 Å². The first kappa shape index (κ1) is 20.1. The minimum Gasteiger partial charge on any atom is -0.352 e. The van der Waals surface area contributed by atoms with Crippen LogP contribution in [-0.4, -0.2) is 47.8 Å². The Morgan fingerprint density at radius 1 is 0.893 bits per heavy atom. The molecule has 0 radical (unpaired) electrons. The summed E-state index contributed by atoms with van der Waals surface area (Å²) in [6.07, 6.45) is 0.984. The molecule has 1 fully saturated rings. The smallest absolute Gasteiger partial charge is 0.253 e. The summed E-state index contributed by atoms with van der Waals surface area (Å²) >= 11 is 0. The number of aryl methyl sites for hydroxylation is 1. The summed E-state index contributed by atoms with van der Waals surface area (Å²) in [7, 11) is 0. The lowest BCUT2D eigenvalue weighted by molar-refractivity contribution is -0.119. The van der Waals surface area contributed by atoms with Crippen LogP contribution < -0.4 is 5.32 Å². The number of carbonyl (C=O) groups excluding carboxylic acids is 2. The Bertz CT molecular complexity index is 800. The second kappa shape index (κ2) is 9.51. The predicted molar refractivity (Wildman–Crippen MR) is 111 cm³/mol. The number of benzene rings is 2. The van der Waals surface area contributed by atoms with Crippen molar-refractivity contribution in [2.24, 2.45) is 0 Å². The number of hydrogen-bond donors (Lipinski definition) is 1. The lowest BCUT2D eigenvalue weighted by atomic mass is 10.1. The normalized spacial score (nSPS) is 15.1. The first-order chi connectivity index (χ1) is 13.5. The number of hydrogen-bond acceptors (Lipinski definition) is 3. The van der Waals surface area contributed by atoms with Crippen LogP contribution in [0.5, 0.6) is 0 Å². The van der Waals surface area contributed by atoms with Crippen molar-refractivity contribution in [1.29, 1.82) is 0 Å². The molecule has 0 atom stereocenters. The highest BCUT2D eigenvalue weighted by Crippen LogP contribution is 2.13. The summed E-state index contributed by atoms with van der Waals surface area (Å²) in [6.45, 7) is 8.45. The third-order valence-electron chi connectivity index (χ3n) is 5.14. The first-order valence-electron chi connectivity index (χ1n) is 9.92. The quantitative estimate of drug-likeness (QED) is 0.869. The molecule has 2 aromatic rings.